The van der Waals surface area contributed by atoms with Crippen molar-refractivity contribution in [2.24, 2.45) is 5.18 Å². The number of nitrogens with zero attached hydrogens (tertiary/aromatic N) is 3. The molecule has 10 heteroatoms. The summed E-state index contributed by atoms with van der Waals surface area (Å²) in [6.07, 6.45) is 3.01. The van der Waals surface area contributed by atoms with Crippen molar-refractivity contribution in [3.8, 4) is 11.5 Å². The molecule has 3 rings (SSSR count). The smallest absolute Gasteiger partial charge is 0.251 e. The fourth-order valence-corrected chi connectivity index (χ4v) is 2.78. The Morgan fingerprint density at radius 3 is 2.47 bits per heavy atom. The maximum absolute atomic E-state index is 11.9. The molecule has 0 aliphatic heterocycles. The van der Waals surface area contributed by atoms with Gasteiger partial charge in [0, 0.05) is 23.9 Å². The first-order valence-corrected chi connectivity index (χ1v) is 9.15. The van der Waals surface area contributed by atoms with Crippen LogP contribution in [0, 0.1) is 4.91 Å². The molecule has 0 radical (unpaired) electrons. The SMILES string of the molecule is CNC(=O)c1cc(COc2cnc(Nc3ccc(N=O)cc3)nc2)c(Cl)c(OC)c1. The highest BCUT2D eigenvalue weighted by Crippen LogP contribution is 2.31. The molecule has 0 bridgehead atoms. The van der Waals surface area contributed by atoms with Gasteiger partial charge < -0.3 is 20.1 Å². The second-order valence-electron chi connectivity index (χ2n) is 6.02. The van der Waals surface area contributed by atoms with Gasteiger partial charge in [-0.2, -0.15) is 0 Å². The van der Waals surface area contributed by atoms with Crippen LogP contribution in [0.1, 0.15) is 15.9 Å². The average molecular weight is 428 g/mol. The number of nitroso groups, excluding NO2 is 1. The molecular weight excluding hydrogens is 410 g/mol. The number of methoxy groups -OCH3 is 1. The van der Waals surface area contributed by atoms with E-state index in [0.717, 1.165) is 0 Å². The molecular formula is C20H18ClN5O4. The number of halogens is 1. The highest BCUT2D eigenvalue weighted by Gasteiger charge is 2.14. The minimum atomic E-state index is -0.262. The van der Waals surface area contributed by atoms with Gasteiger partial charge in [-0.05, 0) is 41.6 Å². The molecule has 0 unspecified atom stereocenters. The molecule has 0 saturated heterocycles. The number of ether oxygens (including phenoxy) is 2. The van der Waals surface area contributed by atoms with Crippen molar-refractivity contribution >= 4 is 34.8 Å². The highest BCUT2D eigenvalue weighted by molar-refractivity contribution is 6.33. The first-order valence-electron chi connectivity index (χ1n) is 8.78. The third kappa shape index (κ3) is 5.00. The molecule has 0 atom stereocenters. The van der Waals surface area contributed by atoms with Gasteiger partial charge in [0.15, 0.2) is 5.75 Å². The van der Waals surface area contributed by atoms with E-state index in [1.807, 2.05) is 0 Å². The second kappa shape index (κ2) is 9.66. The summed E-state index contributed by atoms with van der Waals surface area (Å²) in [6, 6.07) is 9.75. The minimum absolute atomic E-state index is 0.0936. The summed E-state index contributed by atoms with van der Waals surface area (Å²) in [4.78, 5) is 30.8. The number of benzene rings is 2. The maximum atomic E-state index is 11.9. The van der Waals surface area contributed by atoms with Crippen molar-refractivity contribution in [2.75, 3.05) is 19.5 Å². The Balaban J connectivity index is 1.68. The second-order valence-corrected chi connectivity index (χ2v) is 6.40. The lowest BCUT2D eigenvalue weighted by Crippen LogP contribution is -2.18. The van der Waals surface area contributed by atoms with Crippen molar-refractivity contribution in [3.05, 3.63) is 69.8 Å². The van der Waals surface area contributed by atoms with Gasteiger partial charge in [-0.25, -0.2) is 9.97 Å². The van der Waals surface area contributed by atoms with E-state index in [1.54, 1.807) is 43.4 Å². The Bertz CT molecular complexity index is 1040. The summed E-state index contributed by atoms with van der Waals surface area (Å²) in [6.45, 7) is 0.0936. The van der Waals surface area contributed by atoms with Gasteiger partial charge in [-0.3, -0.25) is 4.79 Å². The van der Waals surface area contributed by atoms with Gasteiger partial charge in [0.25, 0.3) is 5.91 Å². The number of nitrogens with one attached hydrogen (secondary N) is 2. The first kappa shape index (κ1) is 21.0. The molecule has 0 aliphatic carbocycles. The van der Waals surface area contributed by atoms with E-state index in [0.29, 0.717) is 45.0 Å². The summed E-state index contributed by atoms with van der Waals surface area (Å²) >= 11 is 6.33. The third-order valence-electron chi connectivity index (χ3n) is 4.08. The minimum Gasteiger partial charge on any atom is -0.495 e. The fourth-order valence-electron chi connectivity index (χ4n) is 2.54. The molecule has 154 valence electrons. The molecule has 1 heterocycles. The first-order chi connectivity index (χ1) is 14.5. The van der Waals surface area contributed by atoms with E-state index in [1.165, 1.54) is 19.5 Å². The zero-order valence-electron chi connectivity index (χ0n) is 16.2. The van der Waals surface area contributed by atoms with E-state index in [2.05, 4.69) is 25.8 Å². The third-order valence-corrected chi connectivity index (χ3v) is 4.50. The lowest BCUT2D eigenvalue weighted by Gasteiger charge is -2.13. The van der Waals surface area contributed by atoms with Crippen molar-refractivity contribution in [2.45, 2.75) is 6.61 Å². The predicted octanol–water partition coefficient (Wildman–Crippen LogP) is 4.22. The van der Waals surface area contributed by atoms with Crippen LogP contribution in [-0.2, 0) is 6.61 Å². The number of aromatic nitrogens is 2. The lowest BCUT2D eigenvalue weighted by atomic mass is 10.1. The van der Waals surface area contributed by atoms with Crippen LogP contribution in [0.25, 0.3) is 0 Å². The molecule has 1 amide bonds. The monoisotopic (exact) mass is 427 g/mol. The Morgan fingerprint density at radius 1 is 1.17 bits per heavy atom. The Kier molecular flexibility index (Phi) is 6.76. The summed E-state index contributed by atoms with van der Waals surface area (Å²) < 4.78 is 10.9. The topological polar surface area (TPSA) is 115 Å². The molecule has 0 spiro atoms. The van der Waals surface area contributed by atoms with Crippen LogP contribution in [-0.4, -0.2) is 30.0 Å². The summed E-state index contributed by atoms with van der Waals surface area (Å²) in [5.41, 5.74) is 2.03. The molecule has 0 saturated carbocycles. The van der Waals surface area contributed by atoms with Crippen LogP contribution < -0.4 is 20.1 Å². The maximum Gasteiger partial charge on any atom is 0.251 e. The standard InChI is InChI=1S/C20H18ClN5O4/c1-22-19(27)12-7-13(18(21)17(8-12)29-2)11-30-16-9-23-20(24-10-16)25-14-3-5-15(26-28)6-4-14/h3-10H,11H2,1-2H3,(H,22,27)(H,23,24,25). The van der Waals surface area contributed by atoms with Crippen LogP contribution in [0.5, 0.6) is 11.5 Å². The molecule has 0 fully saturated rings. The number of anilines is 2. The molecule has 1 aromatic heterocycles. The quantitative estimate of drug-likeness (QED) is 0.517. The lowest BCUT2D eigenvalue weighted by molar-refractivity contribution is 0.0962. The number of hydrogen-bond acceptors (Lipinski definition) is 8. The van der Waals surface area contributed by atoms with Gasteiger partial charge in [0.2, 0.25) is 5.95 Å². The molecule has 0 aliphatic rings. The summed E-state index contributed by atoms with van der Waals surface area (Å²) in [7, 11) is 3.02. The van der Waals surface area contributed by atoms with Gasteiger partial charge in [-0.1, -0.05) is 11.6 Å². The van der Waals surface area contributed by atoms with Crippen LogP contribution >= 0.6 is 11.6 Å². The number of carbonyl (C=O) groups excluding carboxylic acids is 1. The van der Waals surface area contributed by atoms with Crippen LogP contribution in [0.2, 0.25) is 5.02 Å². The van der Waals surface area contributed by atoms with Crippen LogP contribution in [0.4, 0.5) is 17.3 Å². The Morgan fingerprint density at radius 2 is 1.87 bits per heavy atom. The molecule has 3 aromatic rings. The van der Waals surface area contributed by atoms with Gasteiger partial charge >= 0.3 is 0 Å². The number of hydrogen-bond donors (Lipinski definition) is 2. The van der Waals surface area contributed by atoms with E-state index in [4.69, 9.17) is 21.1 Å². The summed E-state index contributed by atoms with van der Waals surface area (Å²) in [5, 5.41) is 8.77. The van der Waals surface area contributed by atoms with E-state index in [9.17, 15) is 9.70 Å². The largest absolute Gasteiger partial charge is 0.495 e. The average Bonchev–Trinajstić information content (AvgIpc) is 2.79. The summed E-state index contributed by atoms with van der Waals surface area (Å²) in [5.74, 6) is 0.891. The normalized spacial score (nSPS) is 10.2. The van der Waals surface area contributed by atoms with Crippen LogP contribution in [0.3, 0.4) is 0 Å². The number of rotatable bonds is 8. The molecule has 30 heavy (non-hydrogen) atoms. The highest BCUT2D eigenvalue weighted by atomic mass is 35.5. The Labute approximate surface area is 177 Å². The van der Waals surface area contributed by atoms with Crippen LogP contribution in [0.15, 0.2) is 54.0 Å². The Hall–Kier alpha value is -3.72. The van der Waals surface area contributed by atoms with Crippen molar-refractivity contribution < 1.29 is 14.3 Å². The number of amides is 1. The van der Waals surface area contributed by atoms with E-state index >= 15 is 0 Å². The van der Waals surface area contributed by atoms with Crippen molar-refractivity contribution in [1.29, 1.82) is 0 Å². The van der Waals surface area contributed by atoms with Crippen molar-refractivity contribution in [3.63, 3.8) is 0 Å². The molecule has 2 N–H and O–H groups in total. The zero-order chi connectivity index (χ0) is 21.5. The zero-order valence-corrected chi connectivity index (χ0v) is 16.9. The van der Waals surface area contributed by atoms with E-state index < -0.39 is 0 Å². The van der Waals surface area contributed by atoms with E-state index in [-0.39, 0.29) is 12.5 Å². The van der Waals surface area contributed by atoms with Gasteiger partial charge in [0.05, 0.1) is 24.5 Å². The fraction of sp³-hybridized carbons (Fsp3) is 0.150. The predicted molar refractivity (Wildman–Crippen MR) is 113 cm³/mol. The van der Waals surface area contributed by atoms with Gasteiger partial charge in [-0.15, -0.1) is 4.91 Å². The number of carbonyl (C=O) groups is 1. The van der Waals surface area contributed by atoms with Gasteiger partial charge in [0.1, 0.15) is 18.0 Å². The molecule has 9 nitrogen and oxygen atoms in total. The molecule has 2 aromatic carbocycles. The van der Waals surface area contributed by atoms with Crippen molar-refractivity contribution in [1.82, 2.24) is 15.3 Å².